The molecule has 0 aliphatic carbocycles. The van der Waals surface area contributed by atoms with Gasteiger partial charge in [-0.2, -0.15) is 0 Å². The molecule has 1 fully saturated rings. The van der Waals surface area contributed by atoms with E-state index in [0.29, 0.717) is 16.5 Å². The molecule has 4 aromatic rings. The van der Waals surface area contributed by atoms with Gasteiger partial charge in [0, 0.05) is 5.02 Å². The summed E-state index contributed by atoms with van der Waals surface area (Å²) in [5.74, 6) is 0.479. The van der Waals surface area contributed by atoms with E-state index in [-0.39, 0.29) is 17.7 Å². The van der Waals surface area contributed by atoms with Crippen molar-refractivity contribution in [2.75, 3.05) is 0 Å². The van der Waals surface area contributed by atoms with Crippen molar-refractivity contribution in [3.8, 4) is 5.75 Å². The summed E-state index contributed by atoms with van der Waals surface area (Å²) in [7, 11) is 0. The lowest BCUT2D eigenvalue weighted by Gasteiger charge is -2.14. The molecule has 0 unspecified atom stereocenters. The quantitative estimate of drug-likeness (QED) is 0.164. The molecule has 1 aliphatic rings. The molecule has 7 heteroatoms. The normalized spacial score (nSPS) is 14.8. The number of halogens is 2. The van der Waals surface area contributed by atoms with Crippen LogP contribution in [0.2, 0.25) is 5.02 Å². The fraction of sp³-hybridized carbons (Fsp3) is 0.0714. The Bertz CT molecular complexity index is 1460. The zero-order chi connectivity index (χ0) is 24.4. The number of carbonyl (C=O) groups is 2. The molecule has 1 aliphatic heterocycles. The minimum atomic E-state index is -0.272. The van der Waals surface area contributed by atoms with Crippen LogP contribution in [-0.2, 0) is 17.9 Å². The highest BCUT2D eigenvalue weighted by atomic mass is 127. The first-order valence-corrected chi connectivity index (χ1v) is 13.1. The molecule has 0 spiro atoms. The van der Waals surface area contributed by atoms with E-state index >= 15 is 0 Å². The first-order chi connectivity index (χ1) is 17.0. The highest BCUT2D eigenvalue weighted by Crippen LogP contribution is 2.35. The average molecular weight is 612 g/mol. The maximum absolute atomic E-state index is 13.1. The van der Waals surface area contributed by atoms with Gasteiger partial charge in [-0.15, -0.1) is 0 Å². The van der Waals surface area contributed by atoms with Crippen molar-refractivity contribution in [2.24, 2.45) is 0 Å². The number of ether oxygens (including phenoxy) is 1. The first kappa shape index (κ1) is 23.9. The third-order valence-electron chi connectivity index (χ3n) is 5.64. The molecule has 4 aromatic carbocycles. The fourth-order valence-corrected chi connectivity index (χ4v) is 5.51. The van der Waals surface area contributed by atoms with Crippen LogP contribution in [-0.4, -0.2) is 16.0 Å². The zero-order valence-corrected chi connectivity index (χ0v) is 22.1. The molecule has 5 rings (SSSR count). The number of fused-ring (bicyclic) bond motifs is 1. The van der Waals surface area contributed by atoms with Crippen LogP contribution in [0.3, 0.4) is 0 Å². The Balaban J connectivity index is 1.30. The summed E-state index contributed by atoms with van der Waals surface area (Å²) < 4.78 is 6.86. The van der Waals surface area contributed by atoms with Gasteiger partial charge < -0.3 is 4.74 Å². The van der Waals surface area contributed by atoms with Gasteiger partial charge in [-0.05, 0) is 92.2 Å². The molecule has 0 saturated carbocycles. The molecule has 0 N–H and O–H groups in total. The molecule has 0 atom stereocenters. The largest absolute Gasteiger partial charge is 0.488 e. The van der Waals surface area contributed by atoms with Crippen LogP contribution >= 0.6 is 46.0 Å². The molecular formula is C28H19ClINO3S. The summed E-state index contributed by atoms with van der Waals surface area (Å²) in [5, 5.41) is 2.56. The predicted molar refractivity (Wildman–Crippen MR) is 150 cm³/mol. The van der Waals surface area contributed by atoms with Crippen LogP contribution < -0.4 is 4.74 Å². The number of hydrogen-bond donors (Lipinski definition) is 0. The lowest BCUT2D eigenvalue weighted by Crippen LogP contribution is -2.27. The highest BCUT2D eigenvalue weighted by Gasteiger charge is 2.35. The van der Waals surface area contributed by atoms with Crippen molar-refractivity contribution in [2.45, 2.75) is 13.2 Å². The SMILES string of the molecule is O=C1S/C(=C/c2ccc(OCc3ccc(Cl)cc3)c(I)c2)C(=O)N1Cc1cccc2ccccc12. The second-order valence-electron chi connectivity index (χ2n) is 8.01. The van der Waals surface area contributed by atoms with E-state index in [9.17, 15) is 9.59 Å². The topological polar surface area (TPSA) is 46.6 Å². The summed E-state index contributed by atoms with van der Waals surface area (Å²) in [4.78, 5) is 27.5. The summed E-state index contributed by atoms with van der Waals surface area (Å²) >= 11 is 9.12. The smallest absolute Gasteiger partial charge is 0.293 e. The van der Waals surface area contributed by atoms with Crippen LogP contribution in [0.1, 0.15) is 16.7 Å². The Kier molecular flexibility index (Phi) is 7.13. The standard InChI is InChI=1S/C28H19ClINO3S/c29-22-11-8-18(9-12-22)17-34-25-13-10-19(14-24(25)30)15-26-27(32)31(28(33)35-26)16-21-6-3-5-20-4-1-2-7-23(20)21/h1-15H,16-17H2/b26-15+. The Labute approximate surface area is 226 Å². The maximum Gasteiger partial charge on any atom is 0.293 e. The number of amides is 2. The van der Waals surface area contributed by atoms with Gasteiger partial charge in [-0.1, -0.05) is 72.3 Å². The van der Waals surface area contributed by atoms with Gasteiger partial charge in [0.2, 0.25) is 0 Å². The van der Waals surface area contributed by atoms with Crippen molar-refractivity contribution in [3.05, 3.63) is 115 Å². The van der Waals surface area contributed by atoms with Crippen LogP contribution in [0.15, 0.2) is 89.8 Å². The number of hydrogen-bond acceptors (Lipinski definition) is 4. The number of imide groups is 1. The van der Waals surface area contributed by atoms with E-state index in [0.717, 1.165) is 48.5 Å². The van der Waals surface area contributed by atoms with Crippen molar-refractivity contribution in [3.63, 3.8) is 0 Å². The van der Waals surface area contributed by atoms with E-state index in [2.05, 4.69) is 22.6 Å². The summed E-state index contributed by atoms with van der Waals surface area (Å²) in [6.45, 7) is 0.679. The highest BCUT2D eigenvalue weighted by molar-refractivity contribution is 14.1. The predicted octanol–water partition coefficient (Wildman–Crippen LogP) is 7.91. The van der Waals surface area contributed by atoms with Crippen LogP contribution in [0.5, 0.6) is 5.75 Å². The monoisotopic (exact) mass is 611 g/mol. The minimum Gasteiger partial charge on any atom is -0.488 e. The summed E-state index contributed by atoms with van der Waals surface area (Å²) in [5.41, 5.74) is 2.81. The Morgan fingerprint density at radius 2 is 1.71 bits per heavy atom. The molecule has 1 heterocycles. The number of carbonyl (C=O) groups excluding carboxylic acids is 2. The second kappa shape index (κ2) is 10.4. The number of rotatable bonds is 6. The van der Waals surface area contributed by atoms with E-state index in [1.807, 2.05) is 84.9 Å². The van der Waals surface area contributed by atoms with E-state index < -0.39 is 0 Å². The van der Waals surface area contributed by atoms with Crippen LogP contribution in [0, 0.1) is 3.57 Å². The third kappa shape index (κ3) is 5.39. The second-order valence-corrected chi connectivity index (χ2v) is 10.6. The van der Waals surface area contributed by atoms with Gasteiger partial charge in [0.1, 0.15) is 12.4 Å². The average Bonchev–Trinajstić information content (AvgIpc) is 3.12. The molecule has 4 nitrogen and oxygen atoms in total. The number of nitrogens with zero attached hydrogens (tertiary/aromatic N) is 1. The minimum absolute atomic E-state index is 0.248. The van der Waals surface area contributed by atoms with Gasteiger partial charge in [0.05, 0.1) is 15.0 Å². The van der Waals surface area contributed by atoms with Crippen molar-refractivity contribution < 1.29 is 14.3 Å². The van der Waals surface area contributed by atoms with E-state index in [1.165, 1.54) is 4.90 Å². The molecule has 0 bridgehead atoms. The number of thioether (sulfide) groups is 1. The molecule has 35 heavy (non-hydrogen) atoms. The van der Waals surface area contributed by atoms with Gasteiger partial charge in [-0.25, -0.2) is 0 Å². The lowest BCUT2D eigenvalue weighted by atomic mass is 10.0. The molecule has 2 amide bonds. The summed E-state index contributed by atoms with van der Waals surface area (Å²) in [6.07, 6.45) is 1.76. The molecule has 0 radical (unpaired) electrons. The summed E-state index contributed by atoms with van der Waals surface area (Å²) in [6, 6.07) is 27.1. The van der Waals surface area contributed by atoms with Crippen molar-refractivity contribution >= 4 is 73.9 Å². The molecular weight excluding hydrogens is 593 g/mol. The van der Waals surface area contributed by atoms with E-state index in [1.54, 1.807) is 6.08 Å². The van der Waals surface area contributed by atoms with Crippen molar-refractivity contribution in [1.29, 1.82) is 0 Å². The van der Waals surface area contributed by atoms with E-state index in [4.69, 9.17) is 16.3 Å². The van der Waals surface area contributed by atoms with Crippen molar-refractivity contribution in [1.82, 2.24) is 4.90 Å². The zero-order valence-electron chi connectivity index (χ0n) is 18.4. The van der Waals surface area contributed by atoms with Crippen LogP contribution in [0.4, 0.5) is 4.79 Å². The van der Waals surface area contributed by atoms with Gasteiger partial charge >= 0.3 is 0 Å². The van der Waals surface area contributed by atoms with Gasteiger partial charge in [0.25, 0.3) is 11.1 Å². The third-order valence-corrected chi connectivity index (χ3v) is 7.65. The Morgan fingerprint density at radius 1 is 0.943 bits per heavy atom. The molecule has 174 valence electrons. The Morgan fingerprint density at radius 3 is 2.51 bits per heavy atom. The molecule has 0 aromatic heterocycles. The van der Waals surface area contributed by atoms with Crippen LogP contribution in [0.25, 0.3) is 16.8 Å². The first-order valence-electron chi connectivity index (χ1n) is 10.9. The number of benzene rings is 4. The Hall–Kier alpha value is -2.81. The maximum atomic E-state index is 13.1. The van der Waals surface area contributed by atoms with Gasteiger partial charge in [0.15, 0.2) is 0 Å². The fourth-order valence-electron chi connectivity index (χ4n) is 3.85. The van der Waals surface area contributed by atoms with Gasteiger partial charge in [-0.3, -0.25) is 14.5 Å². The molecule has 1 saturated heterocycles. The lowest BCUT2D eigenvalue weighted by molar-refractivity contribution is -0.123.